The molecular formula is C33H34N2O6. The van der Waals surface area contributed by atoms with Crippen molar-refractivity contribution in [1.29, 1.82) is 0 Å². The van der Waals surface area contributed by atoms with Gasteiger partial charge in [-0.1, -0.05) is 43.0 Å². The molecule has 8 heteroatoms. The molecule has 2 heterocycles. The molecule has 0 radical (unpaired) electrons. The van der Waals surface area contributed by atoms with Gasteiger partial charge in [0.25, 0.3) is 11.7 Å². The summed E-state index contributed by atoms with van der Waals surface area (Å²) in [5.41, 5.74) is 1.90. The van der Waals surface area contributed by atoms with E-state index in [1.54, 1.807) is 29.2 Å². The molecule has 0 bridgehead atoms. The van der Waals surface area contributed by atoms with Crippen LogP contribution in [0, 0.1) is 6.92 Å². The number of aliphatic hydroxyl groups is 1. The van der Waals surface area contributed by atoms with Crippen LogP contribution in [-0.2, 0) is 14.3 Å². The molecule has 0 aromatic heterocycles. The van der Waals surface area contributed by atoms with Crippen LogP contribution >= 0.6 is 0 Å². The van der Waals surface area contributed by atoms with Crippen LogP contribution in [0.15, 0.2) is 91.0 Å². The van der Waals surface area contributed by atoms with Crippen molar-refractivity contribution in [3.8, 4) is 17.2 Å². The molecular weight excluding hydrogens is 520 g/mol. The van der Waals surface area contributed by atoms with Crippen molar-refractivity contribution in [3.63, 3.8) is 0 Å². The number of benzene rings is 3. The molecule has 3 aromatic carbocycles. The molecule has 0 spiro atoms. The Morgan fingerprint density at radius 2 is 1.73 bits per heavy atom. The number of aryl methyl sites for hydroxylation is 1. The molecule has 1 atom stereocenters. The highest BCUT2D eigenvalue weighted by atomic mass is 16.5. The summed E-state index contributed by atoms with van der Waals surface area (Å²) in [6.07, 6.45) is 1.65. The van der Waals surface area contributed by atoms with Crippen LogP contribution in [0.2, 0.25) is 0 Å². The van der Waals surface area contributed by atoms with Crippen molar-refractivity contribution in [1.82, 2.24) is 9.80 Å². The Hall–Kier alpha value is -4.40. The van der Waals surface area contributed by atoms with E-state index in [2.05, 4.69) is 11.5 Å². The van der Waals surface area contributed by atoms with Gasteiger partial charge in [0.15, 0.2) is 0 Å². The first-order valence-corrected chi connectivity index (χ1v) is 13.7. The molecule has 41 heavy (non-hydrogen) atoms. The number of hydrogen-bond donors (Lipinski definition) is 1. The number of hydrogen-bond acceptors (Lipinski definition) is 7. The maximum absolute atomic E-state index is 13.6. The van der Waals surface area contributed by atoms with Gasteiger partial charge in [-0.2, -0.15) is 0 Å². The van der Waals surface area contributed by atoms with Crippen LogP contribution in [0.5, 0.6) is 17.2 Å². The quantitative estimate of drug-likeness (QED) is 0.161. The summed E-state index contributed by atoms with van der Waals surface area (Å²) in [4.78, 5) is 30.8. The maximum atomic E-state index is 13.6. The smallest absolute Gasteiger partial charge is 0.295 e. The third kappa shape index (κ3) is 6.34. The van der Waals surface area contributed by atoms with Gasteiger partial charge in [-0.05, 0) is 60.5 Å². The largest absolute Gasteiger partial charge is 0.507 e. The molecule has 0 saturated carbocycles. The molecule has 5 rings (SSSR count). The Bertz CT molecular complexity index is 1450. The van der Waals surface area contributed by atoms with Gasteiger partial charge in [0.1, 0.15) is 29.6 Å². The minimum atomic E-state index is -0.786. The predicted molar refractivity (Wildman–Crippen MR) is 156 cm³/mol. The number of carbonyl (C=O) groups is 2. The van der Waals surface area contributed by atoms with E-state index in [9.17, 15) is 14.7 Å². The number of Topliss-reactive ketones (excluding diaryl/α,β-unsaturated/α-hetero) is 1. The molecule has 1 N–H and O–H groups in total. The lowest BCUT2D eigenvalue weighted by molar-refractivity contribution is -0.140. The van der Waals surface area contributed by atoms with Gasteiger partial charge >= 0.3 is 0 Å². The lowest BCUT2D eigenvalue weighted by Gasteiger charge is -2.31. The second-order valence-corrected chi connectivity index (χ2v) is 10.0. The number of rotatable bonds is 10. The van der Waals surface area contributed by atoms with Gasteiger partial charge in [-0.25, -0.2) is 0 Å². The number of para-hydroxylation sites is 1. The Labute approximate surface area is 240 Å². The van der Waals surface area contributed by atoms with E-state index in [1.165, 1.54) is 0 Å². The second kappa shape index (κ2) is 12.8. The average molecular weight is 555 g/mol. The van der Waals surface area contributed by atoms with Crippen molar-refractivity contribution in [3.05, 3.63) is 108 Å². The number of likely N-dealkylation sites (tertiary alicyclic amines) is 1. The Morgan fingerprint density at radius 1 is 0.976 bits per heavy atom. The zero-order valence-electron chi connectivity index (χ0n) is 23.1. The van der Waals surface area contributed by atoms with Gasteiger partial charge in [-0.3, -0.25) is 14.5 Å². The highest BCUT2D eigenvalue weighted by molar-refractivity contribution is 6.46. The minimum Gasteiger partial charge on any atom is -0.507 e. The fourth-order valence-corrected chi connectivity index (χ4v) is 5.20. The van der Waals surface area contributed by atoms with E-state index in [0.29, 0.717) is 66.8 Å². The Kier molecular flexibility index (Phi) is 8.82. The van der Waals surface area contributed by atoms with Gasteiger partial charge < -0.3 is 24.2 Å². The van der Waals surface area contributed by atoms with E-state index >= 15 is 0 Å². The summed E-state index contributed by atoms with van der Waals surface area (Å²) in [5.74, 6) is 0.280. The molecule has 2 saturated heterocycles. The number of morpholine rings is 1. The zero-order valence-corrected chi connectivity index (χ0v) is 23.1. The lowest BCUT2D eigenvalue weighted by Crippen LogP contribution is -2.42. The summed E-state index contributed by atoms with van der Waals surface area (Å²) in [6.45, 7) is 9.53. The number of amides is 1. The van der Waals surface area contributed by atoms with Crippen LogP contribution in [0.25, 0.3) is 5.76 Å². The van der Waals surface area contributed by atoms with Crippen LogP contribution in [0.1, 0.15) is 22.7 Å². The number of carbonyl (C=O) groups excluding carboxylic acids is 2. The first-order valence-electron chi connectivity index (χ1n) is 13.7. The van der Waals surface area contributed by atoms with E-state index in [1.807, 2.05) is 61.5 Å². The van der Waals surface area contributed by atoms with Gasteiger partial charge in [0, 0.05) is 31.7 Å². The van der Waals surface area contributed by atoms with Gasteiger partial charge in [0.2, 0.25) is 0 Å². The van der Waals surface area contributed by atoms with Crippen LogP contribution < -0.4 is 9.47 Å². The summed E-state index contributed by atoms with van der Waals surface area (Å²) in [6, 6.07) is 21.1. The molecule has 0 aliphatic carbocycles. The fourth-order valence-electron chi connectivity index (χ4n) is 5.20. The normalized spacial score (nSPS) is 18.9. The molecule has 3 aromatic rings. The van der Waals surface area contributed by atoms with Crippen molar-refractivity contribution in [2.45, 2.75) is 13.0 Å². The number of ketones is 1. The first-order chi connectivity index (χ1) is 20.0. The van der Waals surface area contributed by atoms with Crippen LogP contribution in [0.3, 0.4) is 0 Å². The third-order valence-electron chi connectivity index (χ3n) is 7.27. The van der Waals surface area contributed by atoms with Crippen molar-refractivity contribution in [2.24, 2.45) is 0 Å². The fraction of sp³-hybridized carbons (Fsp3) is 0.273. The van der Waals surface area contributed by atoms with Gasteiger partial charge in [-0.15, -0.1) is 0 Å². The standard InChI is InChI=1S/C33H34N2O6/c1-3-18-40-26-12-13-28(23(2)21-26)31(36)29-30(24-8-7-11-27(22-24)41-25-9-5-4-6-10-25)35(33(38)32(29)37)15-14-34-16-19-39-20-17-34/h3-13,21-22,30,36H,1,14-20H2,2H3/t30-/m1/s1. The molecule has 212 valence electrons. The molecule has 2 fully saturated rings. The molecule has 0 unspecified atom stereocenters. The average Bonchev–Trinajstić information content (AvgIpc) is 3.25. The van der Waals surface area contributed by atoms with Gasteiger partial charge in [0.05, 0.1) is 24.8 Å². The topological polar surface area (TPSA) is 88.5 Å². The first kappa shape index (κ1) is 28.1. The minimum absolute atomic E-state index is 0.0525. The predicted octanol–water partition coefficient (Wildman–Crippen LogP) is 5.11. The van der Waals surface area contributed by atoms with E-state index < -0.39 is 17.7 Å². The number of nitrogens with zero attached hydrogens (tertiary/aromatic N) is 2. The maximum Gasteiger partial charge on any atom is 0.295 e. The van der Waals surface area contributed by atoms with E-state index in [0.717, 1.165) is 13.1 Å². The summed E-state index contributed by atoms with van der Waals surface area (Å²) < 4.78 is 17.1. The molecule has 2 aliphatic rings. The zero-order chi connectivity index (χ0) is 28.8. The monoisotopic (exact) mass is 554 g/mol. The molecule has 8 nitrogen and oxygen atoms in total. The molecule has 2 aliphatic heterocycles. The third-order valence-corrected chi connectivity index (χ3v) is 7.27. The Balaban J connectivity index is 1.54. The van der Waals surface area contributed by atoms with Crippen LogP contribution in [-0.4, -0.2) is 72.6 Å². The summed E-state index contributed by atoms with van der Waals surface area (Å²) in [5, 5.41) is 11.6. The summed E-state index contributed by atoms with van der Waals surface area (Å²) >= 11 is 0. The van der Waals surface area contributed by atoms with E-state index in [-0.39, 0.29) is 11.3 Å². The van der Waals surface area contributed by atoms with Crippen molar-refractivity contribution in [2.75, 3.05) is 46.0 Å². The highest BCUT2D eigenvalue weighted by Crippen LogP contribution is 2.41. The van der Waals surface area contributed by atoms with Crippen molar-refractivity contribution >= 4 is 17.4 Å². The molecule has 1 amide bonds. The SMILES string of the molecule is C=CCOc1ccc(C(O)=C2C(=O)C(=O)N(CCN3CCOCC3)[C@@H]2c2cccc(Oc3ccccc3)c2)c(C)c1. The van der Waals surface area contributed by atoms with Crippen LogP contribution in [0.4, 0.5) is 0 Å². The number of aliphatic hydroxyl groups excluding tert-OH is 1. The van der Waals surface area contributed by atoms with E-state index in [4.69, 9.17) is 14.2 Å². The van der Waals surface area contributed by atoms with Crippen molar-refractivity contribution < 1.29 is 28.9 Å². The second-order valence-electron chi connectivity index (χ2n) is 10.0. The Morgan fingerprint density at radius 3 is 2.46 bits per heavy atom. The summed E-state index contributed by atoms with van der Waals surface area (Å²) in [7, 11) is 0. The number of ether oxygens (including phenoxy) is 3. The lowest BCUT2D eigenvalue weighted by atomic mass is 9.93. The highest BCUT2D eigenvalue weighted by Gasteiger charge is 2.46.